The van der Waals surface area contributed by atoms with Gasteiger partial charge in [0.05, 0.1) is 0 Å². The van der Waals surface area contributed by atoms with E-state index in [0.29, 0.717) is 22.8 Å². The minimum absolute atomic E-state index is 0.155. The van der Waals surface area contributed by atoms with Crippen molar-refractivity contribution in [2.75, 3.05) is 5.32 Å². The molecule has 0 unspecified atom stereocenters. The molecule has 5 nitrogen and oxygen atoms in total. The van der Waals surface area contributed by atoms with Crippen LogP contribution in [0.1, 0.15) is 37.5 Å². The van der Waals surface area contributed by atoms with Gasteiger partial charge in [-0.25, -0.2) is 0 Å². The predicted molar refractivity (Wildman–Crippen MR) is 111 cm³/mol. The van der Waals surface area contributed by atoms with Gasteiger partial charge in [0.15, 0.2) is 0 Å². The Kier molecular flexibility index (Phi) is 6.06. The van der Waals surface area contributed by atoms with Crippen LogP contribution < -0.4 is 10.6 Å². The molecular formula is C22H20ClN3O2. The summed E-state index contributed by atoms with van der Waals surface area (Å²) >= 11 is 5.99. The van der Waals surface area contributed by atoms with Crippen molar-refractivity contribution in [2.24, 2.45) is 0 Å². The molecule has 2 aromatic carbocycles. The Hall–Kier alpha value is -3.18. The molecule has 0 aliphatic heterocycles. The molecule has 142 valence electrons. The number of carbonyl (C=O) groups excluding carboxylic acids is 2. The molecule has 3 aromatic rings. The average molecular weight is 394 g/mol. The number of benzene rings is 2. The Morgan fingerprint density at radius 3 is 2.46 bits per heavy atom. The number of hydrogen-bond acceptors (Lipinski definition) is 3. The monoisotopic (exact) mass is 393 g/mol. The fourth-order valence-corrected chi connectivity index (χ4v) is 2.77. The van der Waals surface area contributed by atoms with E-state index >= 15 is 0 Å². The van der Waals surface area contributed by atoms with E-state index in [1.165, 1.54) is 12.3 Å². The van der Waals surface area contributed by atoms with E-state index in [-0.39, 0.29) is 11.6 Å². The number of aryl methyl sites for hydroxylation is 2. The van der Waals surface area contributed by atoms with Crippen molar-refractivity contribution >= 4 is 29.1 Å². The maximum atomic E-state index is 12.5. The number of pyridine rings is 1. The van der Waals surface area contributed by atoms with E-state index in [1.807, 2.05) is 44.2 Å². The van der Waals surface area contributed by atoms with Gasteiger partial charge in [0, 0.05) is 29.0 Å². The quantitative estimate of drug-likeness (QED) is 0.668. The third-order valence-electron chi connectivity index (χ3n) is 4.28. The van der Waals surface area contributed by atoms with Crippen molar-refractivity contribution in [2.45, 2.75) is 20.4 Å². The van der Waals surface area contributed by atoms with E-state index in [1.54, 1.807) is 18.2 Å². The van der Waals surface area contributed by atoms with Crippen LogP contribution in [0, 0.1) is 13.8 Å². The van der Waals surface area contributed by atoms with Crippen LogP contribution in [0.2, 0.25) is 5.02 Å². The molecule has 2 amide bonds. The van der Waals surface area contributed by atoms with E-state index in [9.17, 15) is 9.59 Å². The average Bonchev–Trinajstić information content (AvgIpc) is 2.70. The van der Waals surface area contributed by atoms with Crippen molar-refractivity contribution in [3.8, 4) is 0 Å². The van der Waals surface area contributed by atoms with Crippen LogP contribution in [-0.2, 0) is 6.54 Å². The molecule has 1 aromatic heterocycles. The van der Waals surface area contributed by atoms with Gasteiger partial charge in [0.2, 0.25) is 0 Å². The van der Waals surface area contributed by atoms with Gasteiger partial charge in [0.25, 0.3) is 11.8 Å². The summed E-state index contributed by atoms with van der Waals surface area (Å²) in [7, 11) is 0. The zero-order valence-electron chi connectivity index (χ0n) is 15.6. The maximum Gasteiger partial charge on any atom is 0.274 e. The number of carbonyl (C=O) groups is 2. The van der Waals surface area contributed by atoms with Gasteiger partial charge < -0.3 is 10.6 Å². The largest absolute Gasteiger partial charge is 0.348 e. The summed E-state index contributed by atoms with van der Waals surface area (Å²) in [5.74, 6) is -0.672. The maximum absolute atomic E-state index is 12.5. The summed E-state index contributed by atoms with van der Waals surface area (Å²) in [6.07, 6.45) is 1.44. The number of rotatable bonds is 5. The molecule has 28 heavy (non-hydrogen) atoms. The van der Waals surface area contributed by atoms with Crippen LogP contribution in [0.4, 0.5) is 5.69 Å². The third-order valence-corrected chi connectivity index (χ3v) is 4.51. The summed E-state index contributed by atoms with van der Waals surface area (Å²) in [6.45, 7) is 4.29. The zero-order valence-corrected chi connectivity index (χ0v) is 16.4. The number of amides is 2. The molecule has 6 heteroatoms. The van der Waals surface area contributed by atoms with Crippen LogP contribution >= 0.6 is 11.6 Å². The minimum atomic E-state index is -0.404. The molecule has 1 heterocycles. The van der Waals surface area contributed by atoms with Gasteiger partial charge in [0.1, 0.15) is 5.69 Å². The molecular weight excluding hydrogens is 374 g/mol. The number of nitrogens with zero attached hydrogens (tertiary/aromatic N) is 1. The van der Waals surface area contributed by atoms with Crippen LogP contribution in [0.3, 0.4) is 0 Å². The molecule has 0 saturated heterocycles. The Morgan fingerprint density at radius 1 is 0.964 bits per heavy atom. The van der Waals surface area contributed by atoms with Crippen LogP contribution in [0.15, 0.2) is 60.8 Å². The Balaban J connectivity index is 1.68. The molecule has 0 atom stereocenters. The topological polar surface area (TPSA) is 71.1 Å². The second-order valence-electron chi connectivity index (χ2n) is 6.51. The van der Waals surface area contributed by atoms with E-state index in [0.717, 1.165) is 16.7 Å². The number of hydrogen-bond donors (Lipinski definition) is 2. The molecule has 0 aliphatic rings. The second-order valence-corrected chi connectivity index (χ2v) is 6.95. The van der Waals surface area contributed by atoms with Crippen LogP contribution in [0.25, 0.3) is 0 Å². The third kappa shape index (κ3) is 4.96. The summed E-state index contributed by atoms with van der Waals surface area (Å²) in [4.78, 5) is 29.0. The SMILES string of the molecule is Cc1ccc(CNC(=O)c2ccnc(C(=O)Nc3cc(Cl)ccc3C)c2)cc1. The summed E-state index contributed by atoms with van der Waals surface area (Å²) in [5.41, 5.74) is 4.17. The number of nitrogens with one attached hydrogen (secondary N) is 2. The first-order valence-electron chi connectivity index (χ1n) is 8.79. The minimum Gasteiger partial charge on any atom is -0.348 e. The first kappa shape index (κ1) is 19.6. The number of halogens is 1. The fourth-order valence-electron chi connectivity index (χ4n) is 2.60. The lowest BCUT2D eigenvalue weighted by Gasteiger charge is -2.10. The van der Waals surface area contributed by atoms with Crippen LogP contribution in [-0.4, -0.2) is 16.8 Å². The van der Waals surface area contributed by atoms with E-state index in [4.69, 9.17) is 11.6 Å². The van der Waals surface area contributed by atoms with Crippen molar-refractivity contribution in [3.05, 3.63) is 93.8 Å². The summed E-state index contributed by atoms with van der Waals surface area (Å²) in [5, 5.41) is 6.16. The Labute approximate surface area is 168 Å². The van der Waals surface area contributed by atoms with Gasteiger partial charge in [-0.3, -0.25) is 14.6 Å². The lowest BCUT2D eigenvalue weighted by molar-refractivity contribution is 0.0951. The molecule has 0 saturated carbocycles. The highest BCUT2D eigenvalue weighted by atomic mass is 35.5. The molecule has 0 radical (unpaired) electrons. The summed E-state index contributed by atoms with van der Waals surface area (Å²) in [6, 6.07) is 16.2. The Bertz CT molecular complexity index is 1020. The van der Waals surface area contributed by atoms with Crippen molar-refractivity contribution in [1.29, 1.82) is 0 Å². The first-order valence-corrected chi connectivity index (χ1v) is 9.17. The Morgan fingerprint density at radius 2 is 1.71 bits per heavy atom. The lowest BCUT2D eigenvalue weighted by atomic mass is 10.1. The second kappa shape index (κ2) is 8.67. The number of aromatic nitrogens is 1. The smallest absolute Gasteiger partial charge is 0.274 e. The highest BCUT2D eigenvalue weighted by Crippen LogP contribution is 2.20. The molecule has 0 spiro atoms. The molecule has 2 N–H and O–H groups in total. The molecule has 0 bridgehead atoms. The van der Waals surface area contributed by atoms with Crippen molar-refractivity contribution < 1.29 is 9.59 Å². The van der Waals surface area contributed by atoms with Crippen LogP contribution in [0.5, 0.6) is 0 Å². The predicted octanol–water partition coefficient (Wildman–Crippen LogP) is 4.53. The standard InChI is InChI=1S/C22H20ClN3O2/c1-14-3-6-16(7-4-14)13-25-21(27)17-9-10-24-20(11-17)22(28)26-19-12-18(23)8-5-15(19)2/h3-12H,13H2,1-2H3,(H,25,27)(H,26,28). The van der Waals surface area contributed by atoms with Gasteiger partial charge in [-0.05, 0) is 49.2 Å². The lowest BCUT2D eigenvalue weighted by Crippen LogP contribution is -2.23. The molecule has 3 rings (SSSR count). The van der Waals surface area contributed by atoms with Crippen molar-refractivity contribution in [1.82, 2.24) is 10.3 Å². The van der Waals surface area contributed by atoms with E-state index < -0.39 is 5.91 Å². The van der Waals surface area contributed by atoms with Gasteiger partial charge >= 0.3 is 0 Å². The normalized spacial score (nSPS) is 10.4. The van der Waals surface area contributed by atoms with Gasteiger partial charge in [-0.15, -0.1) is 0 Å². The number of anilines is 1. The highest BCUT2D eigenvalue weighted by Gasteiger charge is 2.13. The van der Waals surface area contributed by atoms with Gasteiger partial charge in [-0.1, -0.05) is 47.5 Å². The zero-order chi connectivity index (χ0) is 20.1. The van der Waals surface area contributed by atoms with Crippen molar-refractivity contribution in [3.63, 3.8) is 0 Å². The summed E-state index contributed by atoms with van der Waals surface area (Å²) < 4.78 is 0. The van der Waals surface area contributed by atoms with E-state index in [2.05, 4.69) is 15.6 Å². The fraction of sp³-hybridized carbons (Fsp3) is 0.136. The highest BCUT2D eigenvalue weighted by molar-refractivity contribution is 6.31. The van der Waals surface area contributed by atoms with Gasteiger partial charge in [-0.2, -0.15) is 0 Å². The molecule has 0 aliphatic carbocycles. The first-order chi connectivity index (χ1) is 13.4. The molecule has 0 fully saturated rings.